The number of halogens is 1. The van der Waals surface area contributed by atoms with Crippen LogP contribution in [0.1, 0.15) is 40.5 Å². The van der Waals surface area contributed by atoms with E-state index in [1.807, 2.05) is 53.9 Å². The fraction of sp³-hybridized carbons (Fsp3) is 0.240. The van der Waals surface area contributed by atoms with E-state index in [0.29, 0.717) is 11.4 Å². The number of fused-ring (bicyclic) bond motifs is 2. The van der Waals surface area contributed by atoms with Crippen LogP contribution in [0.15, 0.2) is 66.0 Å². The molecule has 2 heterocycles. The molecule has 2 aliphatic rings. The first kappa shape index (κ1) is 21.7. The Bertz CT molecular complexity index is 1210. The molecule has 33 heavy (non-hydrogen) atoms. The number of aryl methyl sites for hydroxylation is 1. The molecular formula is C25H22ClN3O3S. The van der Waals surface area contributed by atoms with Crippen LogP contribution < -0.4 is 10.6 Å². The highest BCUT2D eigenvalue weighted by molar-refractivity contribution is 7.10. The highest BCUT2D eigenvalue weighted by atomic mass is 35.5. The first-order chi connectivity index (χ1) is 16.0. The van der Waals surface area contributed by atoms with Gasteiger partial charge in [0.15, 0.2) is 0 Å². The van der Waals surface area contributed by atoms with Gasteiger partial charge in [-0.1, -0.05) is 54.1 Å². The predicted octanol–water partition coefficient (Wildman–Crippen LogP) is 4.39. The summed E-state index contributed by atoms with van der Waals surface area (Å²) in [6, 6.07) is 17.7. The van der Waals surface area contributed by atoms with E-state index in [9.17, 15) is 14.4 Å². The fourth-order valence-electron chi connectivity index (χ4n) is 4.70. The summed E-state index contributed by atoms with van der Waals surface area (Å²) in [5, 5.41) is 8.42. The minimum Gasteiger partial charge on any atom is -0.344 e. The van der Waals surface area contributed by atoms with Crippen molar-refractivity contribution in [2.75, 3.05) is 6.54 Å². The van der Waals surface area contributed by atoms with Crippen molar-refractivity contribution in [2.45, 2.75) is 30.8 Å². The van der Waals surface area contributed by atoms with E-state index < -0.39 is 23.5 Å². The normalized spacial score (nSPS) is 20.5. The van der Waals surface area contributed by atoms with Gasteiger partial charge in [-0.3, -0.25) is 14.5 Å². The maximum absolute atomic E-state index is 13.4. The first-order valence-electron chi connectivity index (χ1n) is 10.8. The largest absolute Gasteiger partial charge is 0.344 e. The number of thiophene rings is 1. The second-order valence-corrected chi connectivity index (χ2v) is 9.74. The van der Waals surface area contributed by atoms with Gasteiger partial charge in [0, 0.05) is 15.5 Å². The molecule has 1 aromatic heterocycles. The molecule has 1 fully saturated rings. The summed E-state index contributed by atoms with van der Waals surface area (Å²) in [5.41, 5.74) is 1.54. The molecule has 1 aliphatic carbocycles. The zero-order valence-corrected chi connectivity index (χ0v) is 19.3. The highest BCUT2D eigenvalue weighted by Gasteiger charge is 2.54. The van der Waals surface area contributed by atoms with Gasteiger partial charge in [-0.05, 0) is 54.0 Å². The Hall–Kier alpha value is -3.16. The number of carbonyl (C=O) groups excluding carboxylic acids is 3. The summed E-state index contributed by atoms with van der Waals surface area (Å²) >= 11 is 7.64. The lowest BCUT2D eigenvalue weighted by atomic mass is 9.80. The molecule has 4 amide bonds. The van der Waals surface area contributed by atoms with Crippen LogP contribution in [0.3, 0.4) is 0 Å². The Kier molecular flexibility index (Phi) is 5.68. The molecule has 1 aliphatic heterocycles. The van der Waals surface area contributed by atoms with Gasteiger partial charge in [-0.15, -0.1) is 11.3 Å². The van der Waals surface area contributed by atoms with E-state index >= 15 is 0 Å². The minimum absolute atomic E-state index is 0.344. The summed E-state index contributed by atoms with van der Waals surface area (Å²) in [5.74, 6) is -0.773. The van der Waals surface area contributed by atoms with Crippen molar-refractivity contribution >= 4 is 40.8 Å². The van der Waals surface area contributed by atoms with Gasteiger partial charge in [0.2, 0.25) is 5.91 Å². The lowest BCUT2D eigenvalue weighted by Gasteiger charge is -2.31. The average Bonchev–Trinajstić information content (AvgIpc) is 3.39. The fourth-order valence-corrected chi connectivity index (χ4v) is 5.82. The second-order valence-electron chi connectivity index (χ2n) is 8.30. The second kappa shape index (κ2) is 8.65. The number of nitrogens with zero attached hydrogens (tertiary/aromatic N) is 1. The number of urea groups is 1. The Balaban J connectivity index is 1.37. The molecule has 5 rings (SSSR count). The van der Waals surface area contributed by atoms with Gasteiger partial charge in [-0.25, -0.2) is 4.79 Å². The Morgan fingerprint density at radius 1 is 1.09 bits per heavy atom. The van der Waals surface area contributed by atoms with Crippen LogP contribution in [0.25, 0.3) is 0 Å². The van der Waals surface area contributed by atoms with E-state index in [0.717, 1.165) is 39.3 Å². The third-order valence-corrected chi connectivity index (χ3v) is 7.51. The van der Waals surface area contributed by atoms with E-state index in [-0.39, 0.29) is 12.5 Å². The lowest BCUT2D eigenvalue weighted by Crippen LogP contribution is -2.47. The van der Waals surface area contributed by atoms with Crippen LogP contribution in [-0.4, -0.2) is 29.3 Å². The number of amides is 4. The van der Waals surface area contributed by atoms with Crippen LogP contribution in [0.5, 0.6) is 0 Å². The van der Waals surface area contributed by atoms with Gasteiger partial charge in [-0.2, -0.15) is 0 Å². The summed E-state index contributed by atoms with van der Waals surface area (Å²) in [7, 11) is 0. The molecule has 2 N–H and O–H groups in total. The zero-order valence-electron chi connectivity index (χ0n) is 17.7. The van der Waals surface area contributed by atoms with Crippen LogP contribution in [0, 0.1) is 0 Å². The third kappa shape index (κ3) is 3.92. The summed E-state index contributed by atoms with van der Waals surface area (Å²) in [4.78, 5) is 41.4. The summed E-state index contributed by atoms with van der Waals surface area (Å²) in [6.45, 7) is -0.344. The molecule has 2 aromatic carbocycles. The minimum atomic E-state index is -1.06. The van der Waals surface area contributed by atoms with Crippen LogP contribution in [0.4, 0.5) is 4.79 Å². The van der Waals surface area contributed by atoms with E-state index in [1.165, 1.54) is 0 Å². The third-order valence-electron chi connectivity index (χ3n) is 6.28. The quantitative estimate of drug-likeness (QED) is 0.533. The van der Waals surface area contributed by atoms with E-state index in [1.54, 1.807) is 23.5 Å². The van der Waals surface area contributed by atoms with Gasteiger partial charge >= 0.3 is 6.03 Å². The molecule has 168 valence electrons. The Morgan fingerprint density at radius 3 is 2.58 bits per heavy atom. The van der Waals surface area contributed by atoms with Crippen LogP contribution in [0.2, 0.25) is 5.02 Å². The molecule has 6 nitrogen and oxygen atoms in total. The molecule has 8 heteroatoms. The van der Waals surface area contributed by atoms with Crippen molar-refractivity contribution < 1.29 is 14.4 Å². The van der Waals surface area contributed by atoms with Crippen molar-refractivity contribution in [2.24, 2.45) is 0 Å². The first-order valence-corrected chi connectivity index (χ1v) is 12.0. The zero-order chi connectivity index (χ0) is 23.0. The van der Waals surface area contributed by atoms with Crippen molar-refractivity contribution in [3.05, 3.63) is 92.6 Å². The number of benzene rings is 2. The maximum atomic E-state index is 13.4. The van der Waals surface area contributed by atoms with Crippen molar-refractivity contribution in [1.29, 1.82) is 0 Å². The topological polar surface area (TPSA) is 78.5 Å². The highest BCUT2D eigenvalue weighted by Crippen LogP contribution is 2.42. The van der Waals surface area contributed by atoms with Crippen LogP contribution in [-0.2, 0) is 21.5 Å². The summed E-state index contributed by atoms with van der Waals surface area (Å²) < 4.78 is 0. The number of hydrogen-bond acceptors (Lipinski definition) is 4. The predicted molar refractivity (Wildman–Crippen MR) is 127 cm³/mol. The molecule has 3 aromatic rings. The number of nitrogens with one attached hydrogen (secondary N) is 2. The van der Waals surface area contributed by atoms with Crippen molar-refractivity contribution in [3.8, 4) is 0 Å². The smallest absolute Gasteiger partial charge is 0.325 e. The molecular weight excluding hydrogens is 458 g/mol. The number of imide groups is 1. The lowest BCUT2D eigenvalue weighted by molar-refractivity contribution is -0.135. The van der Waals surface area contributed by atoms with Crippen molar-refractivity contribution in [1.82, 2.24) is 15.5 Å². The Morgan fingerprint density at radius 2 is 1.82 bits per heavy atom. The van der Waals surface area contributed by atoms with Gasteiger partial charge in [0.25, 0.3) is 5.91 Å². The van der Waals surface area contributed by atoms with Gasteiger partial charge in [0.05, 0.1) is 6.04 Å². The number of rotatable bonds is 5. The molecule has 0 radical (unpaired) electrons. The van der Waals surface area contributed by atoms with E-state index in [2.05, 4.69) is 10.6 Å². The van der Waals surface area contributed by atoms with Gasteiger partial charge < -0.3 is 10.6 Å². The van der Waals surface area contributed by atoms with Gasteiger partial charge in [0.1, 0.15) is 12.1 Å². The molecule has 2 atom stereocenters. The molecule has 0 unspecified atom stereocenters. The number of hydrogen-bond donors (Lipinski definition) is 2. The van der Waals surface area contributed by atoms with E-state index in [4.69, 9.17) is 11.6 Å². The van der Waals surface area contributed by atoms with Crippen LogP contribution >= 0.6 is 22.9 Å². The summed E-state index contributed by atoms with van der Waals surface area (Å²) in [6.07, 6.45) is 2.25. The number of carbonyl (C=O) groups is 3. The standard InChI is InChI=1S/C25H22ClN3O3S/c26-18-10-8-17(9-11-18)22(16-5-2-1-3-6-16)27-21(30)15-29-23(31)25(28-24(29)32)13-4-7-20-19(25)12-14-33-20/h1-3,5-6,8-12,14,22H,4,7,13,15H2,(H,27,30)(H,28,32)/t22-,25-/m0/s1. The SMILES string of the molecule is O=C(CN1C(=O)N[C@]2(CCCc3sccc32)C1=O)N[C@@H](c1ccccc1)c1ccc(Cl)cc1. The monoisotopic (exact) mass is 479 g/mol. The Labute approximate surface area is 200 Å². The molecule has 1 saturated heterocycles. The molecule has 1 spiro atoms. The molecule has 0 saturated carbocycles. The maximum Gasteiger partial charge on any atom is 0.325 e. The van der Waals surface area contributed by atoms with Crippen molar-refractivity contribution in [3.63, 3.8) is 0 Å². The molecule has 0 bridgehead atoms. The average molecular weight is 480 g/mol.